The maximum Gasteiger partial charge on any atom is 0.255 e. The second-order valence-corrected chi connectivity index (χ2v) is 5.56. The van der Waals surface area contributed by atoms with E-state index in [1.807, 2.05) is 29.2 Å². The van der Waals surface area contributed by atoms with Gasteiger partial charge in [0.2, 0.25) is 0 Å². The quantitative estimate of drug-likeness (QED) is 0.820. The number of rotatable bonds is 3. The lowest BCUT2D eigenvalue weighted by molar-refractivity contribution is 0.0640. The highest BCUT2D eigenvalue weighted by Crippen LogP contribution is 2.15. The van der Waals surface area contributed by atoms with E-state index in [0.717, 1.165) is 41.9 Å². The first-order chi connectivity index (χ1) is 8.72. The minimum absolute atomic E-state index is 0.146. The van der Waals surface area contributed by atoms with Gasteiger partial charge in [0.15, 0.2) is 0 Å². The van der Waals surface area contributed by atoms with E-state index < -0.39 is 0 Å². The molecule has 4 nitrogen and oxygen atoms in total. The lowest BCUT2D eigenvalue weighted by atomic mass is 10.2. The Labute approximate surface area is 121 Å². The second kappa shape index (κ2) is 6.49. The molecule has 0 spiro atoms. The lowest BCUT2D eigenvalue weighted by Crippen LogP contribution is -2.49. The van der Waals surface area contributed by atoms with Gasteiger partial charge in [0.25, 0.3) is 5.91 Å². The van der Waals surface area contributed by atoms with Crippen LogP contribution in [0.3, 0.4) is 0 Å². The minimum Gasteiger partial charge on any atom is -0.336 e. The predicted octanol–water partition coefficient (Wildman–Crippen LogP) is 1.01. The Morgan fingerprint density at radius 1 is 1.22 bits per heavy atom. The van der Waals surface area contributed by atoms with Crippen LogP contribution in [0.5, 0.6) is 0 Å². The molecule has 1 heterocycles. The summed E-state index contributed by atoms with van der Waals surface area (Å²) in [7, 11) is 0. The fourth-order valence-corrected chi connectivity index (χ4v) is 2.78. The number of amides is 1. The van der Waals surface area contributed by atoms with Crippen LogP contribution in [0.25, 0.3) is 0 Å². The third-order valence-electron chi connectivity index (χ3n) is 3.21. The van der Waals surface area contributed by atoms with Gasteiger partial charge in [0.05, 0.1) is 5.56 Å². The largest absolute Gasteiger partial charge is 0.336 e. The smallest absolute Gasteiger partial charge is 0.255 e. The van der Waals surface area contributed by atoms with Crippen molar-refractivity contribution >= 4 is 28.5 Å². The zero-order valence-corrected chi connectivity index (χ0v) is 12.5. The highest BCUT2D eigenvalue weighted by molar-refractivity contribution is 14.1. The summed E-state index contributed by atoms with van der Waals surface area (Å²) in [4.78, 5) is 16.6. The van der Waals surface area contributed by atoms with Crippen LogP contribution in [-0.4, -0.2) is 55.0 Å². The zero-order valence-electron chi connectivity index (χ0n) is 10.3. The van der Waals surface area contributed by atoms with Crippen molar-refractivity contribution in [3.63, 3.8) is 0 Å². The van der Waals surface area contributed by atoms with Crippen molar-refractivity contribution < 1.29 is 4.79 Å². The molecular formula is C13H18IN3O. The Balaban J connectivity index is 1.98. The molecule has 2 rings (SSSR count). The van der Waals surface area contributed by atoms with Gasteiger partial charge >= 0.3 is 0 Å². The number of nitrogens with two attached hydrogens (primary N) is 1. The summed E-state index contributed by atoms with van der Waals surface area (Å²) in [5.74, 6) is 0.146. The molecule has 0 aliphatic carbocycles. The number of halogens is 1. The van der Waals surface area contributed by atoms with E-state index in [-0.39, 0.29) is 5.91 Å². The number of carbonyl (C=O) groups is 1. The van der Waals surface area contributed by atoms with Gasteiger partial charge in [-0.05, 0) is 34.7 Å². The maximum absolute atomic E-state index is 12.4. The average molecular weight is 359 g/mol. The Kier molecular flexibility index (Phi) is 4.96. The van der Waals surface area contributed by atoms with Crippen molar-refractivity contribution in [1.82, 2.24) is 9.80 Å². The first-order valence-electron chi connectivity index (χ1n) is 6.18. The van der Waals surface area contributed by atoms with Crippen LogP contribution in [-0.2, 0) is 0 Å². The number of hydrogen-bond acceptors (Lipinski definition) is 3. The van der Waals surface area contributed by atoms with Crippen molar-refractivity contribution in [2.45, 2.75) is 0 Å². The van der Waals surface area contributed by atoms with Gasteiger partial charge in [-0.3, -0.25) is 9.69 Å². The molecule has 1 aromatic carbocycles. The summed E-state index contributed by atoms with van der Waals surface area (Å²) in [6.07, 6.45) is 0. The molecule has 18 heavy (non-hydrogen) atoms. The third kappa shape index (κ3) is 3.21. The van der Waals surface area contributed by atoms with Crippen molar-refractivity contribution in [1.29, 1.82) is 0 Å². The summed E-state index contributed by atoms with van der Waals surface area (Å²) < 4.78 is 1.02. The van der Waals surface area contributed by atoms with Gasteiger partial charge in [-0.2, -0.15) is 0 Å². The van der Waals surface area contributed by atoms with Gasteiger partial charge in [0.1, 0.15) is 0 Å². The number of nitrogens with zero attached hydrogens (tertiary/aromatic N) is 2. The van der Waals surface area contributed by atoms with Crippen molar-refractivity contribution in [3.8, 4) is 0 Å². The fraction of sp³-hybridized carbons (Fsp3) is 0.462. The highest BCUT2D eigenvalue weighted by Gasteiger charge is 2.22. The molecule has 0 bridgehead atoms. The number of benzene rings is 1. The molecule has 98 valence electrons. The summed E-state index contributed by atoms with van der Waals surface area (Å²) in [6.45, 7) is 5.04. The first-order valence-corrected chi connectivity index (χ1v) is 7.26. The van der Waals surface area contributed by atoms with E-state index >= 15 is 0 Å². The molecule has 0 atom stereocenters. The Morgan fingerprint density at radius 2 is 1.89 bits per heavy atom. The Hall–Kier alpha value is -0.660. The molecular weight excluding hydrogens is 341 g/mol. The minimum atomic E-state index is 0.146. The van der Waals surface area contributed by atoms with Crippen LogP contribution in [0.1, 0.15) is 10.4 Å². The van der Waals surface area contributed by atoms with E-state index in [1.54, 1.807) is 0 Å². The lowest BCUT2D eigenvalue weighted by Gasteiger charge is -2.34. The van der Waals surface area contributed by atoms with E-state index in [4.69, 9.17) is 5.73 Å². The molecule has 0 unspecified atom stereocenters. The molecule has 1 aromatic rings. The third-order valence-corrected chi connectivity index (χ3v) is 4.15. The van der Waals surface area contributed by atoms with E-state index in [2.05, 4.69) is 27.5 Å². The Bertz CT molecular complexity index is 416. The molecule has 1 aliphatic heterocycles. The van der Waals surface area contributed by atoms with Crippen LogP contribution < -0.4 is 5.73 Å². The Morgan fingerprint density at radius 3 is 2.50 bits per heavy atom. The number of piperazine rings is 1. The van der Waals surface area contributed by atoms with Crippen molar-refractivity contribution in [2.75, 3.05) is 39.3 Å². The molecule has 1 fully saturated rings. The molecule has 0 aromatic heterocycles. The molecule has 5 heteroatoms. The number of hydrogen-bond donors (Lipinski definition) is 1. The van der Waals surface area contributed by atoms with Crippen LogP contribution >= 0.6 is 22.6 Å². The summed E-state index contributed by atoms with van der Waals surface area (Å²) in [6, 6.07) is 7.74. The van der Waals surface area contributed by atoms with Crippen LogP contribution in [0.2, 0.25) is 0 Å². The number of carbonyl (C=O) groups excluding carboxylic acids is 1. The highest BCUT2D eigenvalue weighted by atomic mass is 127. The van der Waals surface area contributed by atoms with Crippen molar-refractivity contribution in [3.05, 3.63) is 33.4 Å². The molecule has 0 saturated carbocycles. The monoisotopic (exact) mass is 359 g/mol. The molecule has 2 N–H and O–H groups in total. The van der Waals surface area contributed by atoms with E-state index in [9.17, 15) is 4.79 Å². The summed E-state index contributed by atoms with van der Waals surface area (Å²) >= 11 is 2.21. The fourth-order valence-electron chi connectivity index (χ4n) is 2.16. The molecule has 1 aliphatic rings. The van der Waals surface area contributed by atoms with Gasteiger partial charge in [-0.25, -0.2) is 0 Å². The zero-order chi connectivity index (χ0) is 13.0. The topological polar surface area (TPSA) is 49.6 Å². The normalized spacial score (nSPS) is 16.9. The molecule has 1 amide bonds. The van der Waals surface area contributed by atoms with Gasteiger partial charge in [-0.15, -0.1) is 0 Å². The van der Waals surface area contributed by atoms with Gasteiger partial charge in [-0.1, -0.05) is 12.1 Å². The van der Waals surface area contributed by atoms with E-state index in [1.165, 1.54) is 0 Å². The first kappa shape index (κ1) is 13.8. The second-order valence-electron chi connectivity index (χ2n) is 4.40. The molecule has 0 radical (unpaired) electrons. The summed E-state index contributed by atoms with van der Waals surface area (Å²) in [5.41, 5.74) is 6.35. The van der Waals surface area contributed by atoms with Crippen LogP contribution in [0, 0.1) is 3.57 Å². The standard InChI is InChI=1S/C13H18IN3O/c14-12-4-2-1-3-11(12)13(18)17-9-7-16(6-5-15)8-10-17/h1-4H,5-10,15H2. The van der Waals surface area contributed by atoms with Crippen LogP contribution in [0.15, 0.2) is 24.3 Å². The van der Waals surface area contributed by atoms with Crippen LogP contribution in [0.4, 0.5) is 0 Å². The van der Waals surface area contributed by atoms with Gasteiger partial charge in [0, 0.05) is 42.8 Å². The van der Waals surface area contributed by atoms with Gasteiger partial charge < -0.3 is 10.6 Å². The summed E-state index contributed by atoms with van der Waals surface area (Å²) in [5, 5.41) is 0. The average Bonchev–Trinajstić information content (AvgIpc) is 2.40. The predicted molar refractivity (Wildman–Crippen MR) is 80.6 cm³/mol. The maximum atomic E-state index is 12.4. The van der Waals surface area contributed by atoms with Crippen molar-refractivity contribution in [2.24, 2.45) is 5.73 Å². The van der Waals surface area contributed by atoms with E-state index in [0.29, 0.717) is 6.54 Å². The SMILES string of the molecule is NCCN1CCN(C(=O)c2ccccc2I)CC1. The molecule has 1 saturated heterocycles.